The third-order valence-electron chi connectivity index (χ3n) is 3.82. The van der Waals surface area contributed by atoms with E-state index in [1.54, 1.807) is 0 Å². The highest BCUT2D eigenvalue weighted by Crippen LogP contribution is 2.22. The van der Waals surface area contributed by atoms with E-state index < -0.39 is 23.7 Å². The number of likely N-dealkylation sites (tertiary alicyclic amines) is 1. The number of carboxylic acid groups (broad SMARTS) is 1. The maximum atomic E-state index is 13.9. The van der Waals surface area contributed by atoms with Crippen LogP contribution >= 0.6 is 0 Å². The number of hydrogen-bond acceptors (Lipinski definition) is 3. The summed E-state index contributed by atoms with van der Waals surface area (Å²) >= 11 is 0. The molecule has 1 aliphatic heterocycles. The Morgan fingerprint density at radius 2 is 2.04 bits per heavy atom. The number of carboxylic acids is 1. The van der Waals surface area contributed by atoms with Gasteiger partial charge < -0.3 is 15.3 Å². The van der Waals surface area contributed by atoms with Crippen LogP contribution in [0.3, 0.4) is 0 Å². The SMILES string of the molecule is CC(C)C(C(=O)Nc1ccc(C(=O)O)cc1F)N1CCCC1=O. The average molecular weight is 322 g/mol. The molecular weight excluding hydrogens is 303 g/mol. The minimum absolute atomic E-state index is 0.0828. The Hall–Kier alpha value is -2.44. The minimum atomic E-state index is -1.25. The molecular formula is C16H19FN2O4. The molecule has 0 saturated carbocycles. The van der Waals surface area contributed by atoms with Crippen LogP contribution < -0.4 is 5.32 Å². The number of halogens is 1. The van der Waals surface area contributed by atoms with Crippen LogP contribution in [0.2, 0.25) is 0 Å². The second kappa shape index (κ2) is 6.76. The second-order valence-corrected chi connectivity index (χ2v) is 5.87. The molecule has 1 saturated heterocycles. The van der Waals surface area contributed by atoms with E-state index in [2.05, 4.69) is 5.32 Å². The molecule has 1 aromatic carbocycles. The summed E-state index contributed by atoms with van der Waals surface area (Å²) in [6.07, 6.45) is 1.12. The molecule has 0 aromatic heterocycles. The highest BCUT2D eigenvalue weighted by atomic mass is 19.1. The summed E-state index contributed by atoms with van der Waals surface area (Å²) in [6.45, 7) is 4.15. The molecule has 2 amide bonds. The van der Waals surface area contributed by atoms with Crippen molar-refractivity contribution in [1.29, 1.82) is 0 Å². The van der Waals surface area contributed by atoms with Gasteiger partial charge in [0.2, 0.25) is 11.8 Å². The number of rotatable bonds is 5. The Labute approximate surface area is 133 Å². The van der Waals surface area contributed by atoms with E-state index >= 15 is 0 Å². The zero-order valence-corrected chi connectivity index (χ0v) is 13.0. The fourth-order valence-electron chi connectivity index (χ4n) is 2.72. The molecule has 1 heterocycles. The Morgan fingerprint density at radius 3 is 2.52 bits per heavy atom. The molecule has 23 heavy (non-hydrogen) atoms. The summed E-state index contributed by atoms with van der Waals surface area (Å²) < 4.78 is 13.9. The number of hydrogen-bond donors (Lipinski definition) is 2. The van der Waals surface area contributed by atoms with Crippen molar-refractivity contribution < 1.29 is 23.9 Å². The maximum Gasteiger partial charge on any atom is 0.335 e. The van der Waals surface area contributed by atoms with Crippen molar-refractivity contribution in [3.05, 3.63) is 29.6 Å². The van der Waals surface area contributed by atoms with Gasteiger partial charge in [0.05, 0.1) is 11.3 Å². The van der Waals surface area contributed by atoms with Gasteiger partial charge >= 0.3 is 5.97 Å². The molecule has 6 nitrogen and oxygen atoms in total. The molecule has 1 fully saturated rings. The maximum absolute atomic E-state index is 13.9. The number of carbonyl (C=O) groups excluding carboxylic acids is 2. The van der Waals surface area contributed by atoms with Crippen LogP contribution in [0.15, 0.2) is 18.2 Å². The van der Waals surface area contributed by atoms with Crippen LogP contribution in [-0.4, -0.2) is 40.4 Å². The van der Waals surface area contributed by atoms with Crippen molar-refractivity contribution in [3.63, 3.8) is 0 Å². The van der Waals surface area contributed by atoms with Crippen LogP contribution in [0.5, 0.6) is 0 Å². The van der Waals surface area contributed by atoms with Gasteiger partial charge in [-0.15, -0.1) is 0 Å². The van der Waals surface area contributed by atoms with Crippen molar-refractivity contribution in [2.75, 3.05) is 11.9 Å². The van der Waals surface area contributed by atoms with Crippen LogP contribution in [-0.2, 0) is 9.59 Å². The predicted molar refractivity (Wildman–Crippen MR) is 81.6 cm³/mol. The molecule has 0 spiro atoms. The van der Waals surface area contributed by atoms with Crippen LogP contribution in [0, 0.1) is 11.7 Å². The lowest BCUT2D eigenvalue weighted by Crippen LogP contribution is -2.48. The van der Waals surface area contributed by atoms with E-state index in [1.165, 1.54) is 17.0 Å². The first-order valence-corrected chi connectivity index (χ1v) is 7.44. The predicted octanol–water partition coefficient (Wildman–Crippen LogP) is 2.11. The van der Waals surface area contributed by atoms with E-state index in [1.807, 2.05) is 13.8 Å². The number of nitrogens with one attached hydrogen (secondary N) is 1. The first kappa shape index (κ1) is 16.9. The molecule has 1 unspecified atom stereocenters. The number of benzene rings is 1. The molecule has 2 N–H and O–H groups in total. The summed E-state index contributed by atoms with van der Waals surface area (Å²) in [5, 5.41) is 11.3. The van der Waals surface area contributed by atoms with Gasteiger partial charge in [-0.25, -0.2) is 9.18 Å². The van der Waals surface area contributed by atoms with Crippen molar-refractivity contribution in [2.45, 2.75) is 32.7 Å². The van der Waals surface area contributed by atoms with Gasteiger partial charge in [-0.05, 0) is 30.5 Å². The smallest absolute Gasteiger partial charge is 0.335 e. The molecule has 0 bridgehead atoms. The van der Waals surface area contributed by atoms with Crippen LogP contribution in [0.4, 0.5) is 10.1 Å². The molecule has 1 atom stereocenters. The largest absolute Gasteiger partial charge is 0.478 e. The standard InChI is InChI=1S/C16H19FN2O4/c1-9(2)14(19-7-3-4-13(19)20)15(21)18-12-6-5-10(16(22)23)8-11(12)17/h5-6,8-9,14H,3-4,7H2,1-2H3,(H,18,21)(H,22,23). The zero-order valence-electron chi connectivity index (χ0n) is 13.0. The topological polar surface area (TPSA) is 86.7 Å². The van der Waals surface area contributed by atoms with Crippen molar-refractivity contribution in [3.8, 4) is 0 Å². The molecule has 1 aliphatic rings. The fourth-order valence-corrected chi connectivity index (χ4v) is 2.72. The van der Waals surface area contributed by atoms with Gasteiger partial charge in [0.15, 0.2) is 0 Å². The van der Waals surface area contributed by atoms with Gasteiger partial charge in [0.1, 0.15) is 11.9 Å². The fraction of sp³-hybridized carbons (Fsp3) is 0.438. The molecule has 0 aliphatic carbocycles. The van der Waals surface area contributed by atoms with Crippen LogP contribution in [0.25, 0.3) is 0 Å². The van der Waals surface area contributed by atoms with E-state index in [0.717, 1.165) is 6.07 Å². The number of anilines is 1. The lowest BCUT2D eigenvalue weighted by atomic mass is 10.0. The van der Waals surface area contributed by atoms with Gasteiger partial charge in [0.25, 0.3) is 0 Å². The highest BCUT2D eigenvalue weighted by Gasteiger charge is 2.35. The molecule has 2 rings (SSSR count). The Balaban J connectivity index is 2.19. The van der Waals surface area contributed by atoms with Gasteiger partial charge in [-0.3, -0.25) is 9.59 Å². The Bertz CT molecular complexity index is 645. The Kier molecular flexibility index (Phi) is 4.98. The average Bonchev–Trinajstić information content (AvgIpc) is 2.87. The lowest BCUT2D eigenvalue weighted by Gasteiger charge is -2.29. The first-order chi connectivity index (χ1) is 10.8. The zero-order chi connectivity index (χ0) is 17.1. The molecule has 124 valence electrons. The number of carbonyl (C=O) groups is 3. The van der Waals surface area contributed by atoms with E-state index in [-0.39, 0.29) is 23.1 Å². The summed E-state index contributed by atoms with van der Waals surface area (Å²) in [4.78, 5) is 36.7. The van der Waals surface area contributed by atoms with Gasteiger partial charge in [-0.1, -0.05) is 13.8 Å². The summed E-state index contributed by atoms with van der Waals surface area (Å²) in [6, 6.07) is 2.60. The van der Waals surface area contributed by atoms with E-state index in [4.69, 9.17) is 5.11 Å². The second-order valence-electron chi connectivity index (χ2n) is 5.87. The van der Waals surface area contributed by atoms with Crippen molar-refractivity contribution in [1.82, 2.24) is 4.90 Å². The van der Waals surface area contributed by atoms with Gasteiger partial charge in [-0.2, -0.15) is 0 Å². The third-order valence-corrected chi connectivity index (χ3v) is 3.82. The highest BCUT2D eigenvalue weighted by molar-refractivity contribution is 5.98. The quantitative estimate of drug-likeness (QED) is 0.869. The molecule has 0 radical (unpaired) electrons. The number of aromatic carboxylic acids is 1. The van der Waals surface area contributed by atoms with E-state index in [0.29, 0.717) is 19.4 Å². The Morgan fingerprint density at radius 1 is 1.35 bits per heavy atom. The van der Waals surface area contributed by atoms with Crippen molar-refractivity contribution in [2.24, 2.45) is 5.92 Å². The number of nitrogens with zero attached hydrogens (tertiary/aromatic N) is 1. The molecule has 7 heteroatoms. The summed E-state index contributed by atoms with van der Waals surface area (Å²) in [5.74, 6) is -2.76. The minimum Gasteiger partial charge on any atom is -0.478 e. The lowest BCUT2D eigenvalue weighted by molar-refractivity contribution is -0.136. The van der Waals surface area contributed by atoms with E-state index in [9.17, 15) is 18.8 Å². The van der Waals surface area contributed by atoms with Crippen molar-refractivity contribution >= 4 is 23.5 Å². The van der Waals surface area contributed by atoms with Crippen LogP contribution in [0.1, 0.15) is 37.0 Å². The monoisotopic (exact) mass is 322 g/mol. The third kappa shape index (κ3) is 3.67. The summed E-state index contributed by atoms with van der Waals surface area (Å²) in [7, 11) is 0. The van der Waals surface area contributed by atoms with Gasteiger partial charge in [0, 0.05) is 13.0 Å². The summed E-state index contributed by atoms with van der Waals surface area (Å²) in [5.41, 5.74) is -0.298. The molecule has 1 aromatic rings. The first-order valence-electron chi connectivity index (χ1n) is 7.44. The number of amides is 2. The normalized spacial score (nSPS) is 15.8.